The third kappa shape index (κ3) is 4.76. The van der Waals surface area contributed by atoms with E-state index in [-0.39, 0.29) is 6.10 Å². The van der Waals surface area contributed by atoms with E-state index in [1.165, 1.54) is 4.88 Å². The molecule has 0 saturated carbocycles. The highest BCUT2D eigenvalue weighted by molar-refractivity contribution is 7.16. The van der Waals surface area contributed by atoms with Crippen LogP contribution in [0.4, 0.5) is 0 Å². The van der Waals surface area contributed by atoms with Crippen LogP contribution in [0.2, 0.25) is 9.36 Å². The predicted molar refractivity (Wildman–Crippen MR) is 100 cm³/mol. The van der Waals surface area contributed by atoms with Crippen LogP contribution in [0.3, 0.4) is 0 Å². The lowest BCUT2D eigenvalue weighted by Crippen LogP contribution is -2.23. The first-order valence-corrected chi connectivity index (χ1v) is 9.30. The maximum Gasteiger partial charge on any atom is 0.124 e. The monoisotopic (exact) mass is 380 g/mol. The summed E-state index contributed by atoms with van der Waals surface area (Å²) >= 11 is 13.7. The van der Waals surface area contributed by atoms with Crippen LogP contribution < -0.4 is 4.74 Å². The fourth-order valence-electron chi connectivity index (χ4n) is 2.49. The van der Waals surface area contributed by atoms with Crippen molar-refractivity contribution in [3.63, 3.8) is 0 Å². The number of benzene rings is 1. The molecule has 3 rings (SSSR count). The Labute approximate surface area is 155 Å². The lowest BCUT2D eigenvalue weighted by atomic mass is 10.1. The highest BCUT2D eigenvalue weighted by Crippen LogP contribution is 2.26. The molecule has 1 atom stereocenters. The Balaban J connectivity index is 1.72. The first-order valence-electron chi connectivity index (χ1n) is 7.73. The van der Waals surface area contributed by atoms with Crippen molar-refractivity contribution >= 4 is 34.5 Å². The fourth-order valence-corrected chi connectivity index (χ4v) is 3.75. The highest BCUT2D eigenvalue weighted by Gasteiger charge is 2.14. The molecule has 1 aromatic carbocycles. The molecule has 24 heavy (non-hydrogen) atoms. The van der Waals surface area contributed by atoms with Gasteiger partial charge in [-0.1, -0.05) is 29.3 Å². The molecule has 0 aliphatic rings. The lowest BCUT2D eigenvalue weighted by molar-refractivity contribution is 0.169. The third-order valence-electron chi connectivity index (χ3n) is 3.76. The van der Waals surface area contributed by atoms with Crippen LogP contribution in [0.25, 0.3) is 0 Å². The molecule has 0 saturated heterocycles. The van der Waals surface area contributed by atoms with E-state index in [4.69, 9.17) is 27.9 Å². The van der Waals surface area contributed by atoms with Gasteiger partial charge in [0.25, 0.3) is 0 Å². The van der Waals surface area contributed by atoms with Crippen LogP contribution in [0.1, 0.15) is 16.9 Å². The number of thiophene rings is 1. The van der Waals surface area contributed by atoms with E-state index in [1.807, 2.05) is 48.3 Å². The molecule has 0 bridgehead atoms. The quantitative estimate of drug-likeness (QED) is 0.530. The van der Waals surface area contributed by atoms with Crippen molar-refractivity contribution in [2.24, 2.45) is 0 Å². The maximum atomic E-state index is 6.27. The summed E-state index contributed by atoms with van der Waals surface area (Å²) in [5, 5.41) is 0.682. The number of nitrogens with zero attached hydrogens (tertiary/aromatic N) is 2. The van der Waals surface area contributed by atoms with Gasteiger partial charge >= 0.3 is 0 Å². The van der Waals surface area contributed by atoms with Crippen molar-refractivity contribution in [1.82, 2.24) is 9.55 Å². The van der Waals surface area contributed by atoms with E-state index in [1.54, 1.807) is 17.5 Å². The number of imidazole rings is 1. The zero-order valence-corrected chi connectivity index (χ0v) is 15.6. The summed E-state index contributed by atoms with van der Waals surface area (Å²) < 4.78 is 9.12. The van der Waals surface area contributed by atoms with E-state index >= 15 is 0 Å². The minimum absolute atomic E-state index is 0.0252. The molecule has 2 heterocycles. The summed E-state index contributed by atoms with van der Waals surface area (Å²) in [6.45, 7) is 2.77. The van der Waals surface area contributed by atoms with Crippen molar-refractivity contribution in [2.45, 2.75) is 32.4 Å². The normalized spacial score (nSPS) is 12.3. The predicted octanol–water partition coefficient (Wildman–Crippen LogP) is 5.64. The Kier molecular flexibility index (Phi) is 5.82. The Morgan fingerprint density at radius 2 is 2.12 bits per heavy atom. The first kappa shape index (κ1) is 17.3. The van der Waals surface area contributed by atoms with Gasteiger partial charge in [-0.15, -0.1) is 11.3 Å². The molecule has 0 amide bonds. The number of aryl methyl sites for hydroxylation is 2. The average Bonchev–Trinajstić information content (AvgIpc) is 3.20. The van der Waals surface area contributed by atoms with E-state index in [2.05, 4.69) is 11.1 Å². The molecular weight excluding hydrogens is 363 g/mol. The lowest BCUT2D eigenvalue weighted by Gasteiger charge is -2.21. The summed E-state index contributed by atoms with van der Waals surface area (Å²) in [4.78, 5) is 5.37. The van der Waals surface area contributed by atoms with Crippen molar-refractivity contribution in [2.75, 3.05) is 0 Å². The molecule has 0 aliphatic heterocycles. The molecule has 0 fully saturated rings. The molecule has 3 nitrogen and oxygen atoms in total. The maximum absolute atomic E-state index is 6.27. The van der Waals surface area contributed by atoms with Crippen LogP contribution in [0.15, 0.2) is 49.1 Å². The van der Waals surface area contributed by atoms with Gasteiger partial charge in [0.15, 0.2) is 0 Å². The first-order chi connectivity index (χ1) is 11.6. The smallest absolute Gasteiger partial charge is 0.124 e. The van der Waals surface area contributed by atoms with Gasteiger partial charge in [-0.05, 0) is 49.6 Å². The second kappa shape index (κ2) is 8.06. The van der Waals surface area contributed by atoms with E-state index in [0.717, 1.165) is 35.0 Å². The largest absolute Gasteiger partial charge is 0.488 e. The number of ether oxygens (including phenoxy) is 1. The van der Waals surface area contributed by atoms with Gasteiger partial charge < -0.3 is 9.30 Å². The Hall–Kier alpha value is -1.49. The summed E-state index contributed by atoms with van der Waals surface area (Å²) in [6.07, 6.45) is 7.38. The second-order valence-corrected chi connectivity index (χ2v) is 7.89. The zero-order valence-electron chi connectivity index (χ0n) is 13.3. The molecule has 3 aromatic rings. The molecule has 1 unspecified atom stereocenters. The molecule has 0 radical (unpaired) electrons. The van der Waals surface area contributed by atoms with Crippen molar-refractivity contribution in [1.29, 1.82) is 0 Å². The Bertz CT molecular complexity index is 786. The minimum atomic E-state index is 0.0252. The highest BCUT2D eigenvalue weighted by atomic mass is 35.5. The van der Waals surface area contributed by atoms with E-state index < -0.39 is 0 Å². The number of aromatic nitrogens is 2. The van der Waals surface area contributed by atoms with E-state index in [9.17, 15) is 0 Å². The summed E-state index contributed by atoms with van der Waals surface area (Å²) in [7, 11) is 0. The molecule has 6 heteroatoms. The van der Waals surface area contributed by atoms with Gasteiger partial charge in [-0.2, -0.15) is 0 Å². The van der Waals surface area contributed by atoms with Gasteiger partial charge in [-0.3, -0.25) is 0 Å². The number of halogens is 2. The molecule has 0 aliphatic carbocycles. The Morgan fingerprint density at radius 1 is 1.25 bits per heavy atom. The Morgan fingerprint density at radius 3 is 2.83 bits per heavy atom. The van der Waals surface area contributed by atoms with Gasteiger partial charge in [0.2, 0.25) is 0 Å². The molecule has 2 aromatic heterocycles. The van der Waals surface area contributed by atoms with E-state index in [0.29, 0.717) is 5.02 Å². The van der Waals surface area contributed by atoms with Crippen LogP contribution in [0, 0.1) is 6.92 Å². The summed E-state index contributed by atoms with van der Waals surface area (Å²) in [5.41, 5.74) is 1.08. The minimum Gasteiger partial charge on any atom is -0.488 e. The van der Waals surface area contributed by atoms with Crippen LogP contribution in [0.5, 0.6) is 5.75 Å². The van der Waals surface area contributed by atoms with Crippen LogP contribution in [-0.4, -0.2) is 15.7 Å². The van der Waals surface area contributed by atoms with Gasteiger partial charge in [0.05, 0.1) is 17.2 Å². The van der Waals surface area contributed by atoms with Crippen LogP contribution in [-0.2, 0) is 13.0 Å². The average molecular weight is 381 g/mol. The summed E-state index contributed by atoms with van der Waals surface area (Å²) in [5.74, 6) is 0.830. The standard InChI is InChI=1S/C18H18Cl2N2OS/c1-13-2-3-14(19)10-17(13)23-15(11-22-9-8-21-12-22)4-5-16-6-7-18(20)24-16/h2-3,6-10,12,15H,4-5,11H2,1H3. The zero-order chi connectivity index (χ0) is 16.9. The number of hydrogen-bond donors (Lipinski definition) is 0. The summed E-state index contributed by atoms with van der Waals surface area (Å²) in [6, 6.07) is 9.74. The van der Waals surface area contributed by atoms with Crippen molar-refractivity contribution in [3.8, 4) is 5.75 Å². The molecule has 126 valence electrons. The fraction of sp³-hybridized carbons (Fsp3) is 0.278. The van der Waals surface area contributed by atoms with Crippen molar-refractivity contribution < 1.29 is 4.74 Å². The van der Waals surface area contributed by atoms with Crippen molar-refractivity contribution in [3.05, 3.63) is 68.9 Å². The van der Waals surface area contributed by atoms with Gasteiger partial charge in [-0.25, -0.2) is 4.98 Å². The SMILES string of the molecule is Cc1ccc(Cl)cc1OC(CCc1ccc(Cl)s1)Cn1ccnc1. The number of rotatable bonds is 7. The molecular formula is C18H18Cl2N2OS. The topological polar surface area (TPSA) is 27.1 Å². The second-order valence-electron chi connectivity index (χ2n) is 5.65. The number of hydrogen-bond acceptors (Lipinski definition) is 3. The van der Waals surface area contributed by atoms with Gasteiger partial charge in [0, 0.05) is 22.3 Å². The molecule has 0 spiro atoms. The van der Waals surface area contributed by atoms with Gasteiger partial charge in [0.1, 0.15) is 11.9 Å². The molecule has 0 N–H and O–H groups in total. The third-order valence-corrected chi connectivity index (χ3v) is 5.29. The van der Waals surface area contributed by atoms with Crippen LogP contribution >= 0.6 is 34.5 Å².